The lowest BCUT2D eigenvalue weighted by molar-refractivity contribution is 1.06. The Labute approximate surface area is 78.8 Å². The van der Waals surface area contributed by atoms with Crippen LogP contribution in [0.5, 0.6) is 0 Å². The van der Waals surface area contributed by atoms with Crippen LogP contribution in [0.1, 0.15) is 6.92 Å². The van der Waals surface area contributed by atoms with Crippen molar-refractivity contribution in [1.82, 2.24) is 10.2 Å². The van der Waals surface area contributed by atoms with Crippen LogP contribution in [0.2, 0.25) is 0 Å². The first-order valence-electron chi connectivity index (χ1n) is 3.26. The maximum Gasteiger partial charge on any atom is 0.0578 e. The number of aromatic amines is 1. The predicted octanol–water partition coefficient (Wildman–Crippen LogP) is 0.939. The quantitative estimate of drug-likeness (QED) is 0.748. The highest BCUT2D eigenvalue weighted by molar-refractivity contribution is 14.1. The average Bonchev–Trinajstić information content (AvgIpc) is 2.37. The van der Waals surface area contributed by atoms with Gasteiger partial charge < -0.3 is 0 Å². The van der Waals surface area contributed by atoms with Crippen LogP contribution < -0.4 is 10.6 Å². The van der Waals surface area contributed by atoms with Crippen LogP contribution in [0.15, 0.2) is 15.9 Å². The van der Waals surface area contributed by atoms with Gasteiger partial charge in [-0.2, -0.15) is 5.10 Å². The zero-order valence-electron chi connectivity index (χ0n) is 6.26. The number of hydrogen-bond acceptors (Lipinski definition) is 1. The molecule has 0 fully saturated rings. The summed E-state index contributed by atoms with van der Waals surface area (Å²) in [5, 5.41) is 8.55. The molecule has 0 aliphatic heterocycles. The van der Waals surface area contributed by atoms with Crippen molar-refractivity contribution in [3.05, 3.63) is 26.4 Å². The van der Waals surface area contributed by atoms with Crippen LogP contribution in [0.3, 0.4) is 0 Å². The van der Waals surface area contributed by atoms with Gasteiger partial charge in [-0.05, 0) is 35.6 Å². The lowest BCUT2D eigenvalue weighted by Crippen LogP contribution is -2.19. The summed E-state index contributed by atoms with van der Waals surface area (Å²) in [7, 11) is 0. The van der Waals surface area contributed by atoms with Crippen molar-refractivity contribution < 1.29 is 0 Å². The number of hydrogen-bond donors (Lipinski definition) is 1. The van der Waals surface area contributed by atoms with Gasteiger partial charge >= 0.3 is 0 Å². The first-order chi connectivity index (χ1) is 5.24. The average molecular weight is 260 g/mol. The SMILES string of the molecule is C=c1[nH]nc/c1=C/C(I)=C\C. The Morgan fingerprint density at radius 3 is 3.00 bits per heavy atom. The fraction of sp³-hybridized carbons (Fsp3) is 0.125. The number of halogens is 1. The fourth-order valence-corrected chi connectivity index (χ4v) is 1.01. The van der Waals surface area contributed by atoms with E-state index in [9.17, 15) is 0 Å². The molecule has 0 saturated carbocycles. The minimum absolute atomic E-state index is 0.862. The summed E-state index contributed by atoms with van der Waals surface area (Å²) >= 11 is 2.26. The second-order valence-electron chi connectivity index (χ2n) is 2.12. The number of H-pyrrole nitrogens is 1. The maximum absolute atomic E-state index is 3.86. The Hall–Kier alpha value is -0.580. The van der Waals surface area contributed by atoms with E-state index in [1.165, 1.54) is 3.58 Å². The van der Waals surface area contributed by atoms with Crippen molar-refractivity contribution in [2.24, 2.45) is 0 Å². The van der Waals surface area contributed by atoms with Crippen molar-refractivity contribution in [2.45, 2.75) is 6.92 Å². The van der Waals surface area contributed by atoms with Crippen LogP contribution in [0.4, 0.5) is 0 Å². The van der Waals surface area contributed by atoms with Gasteiger partial charge in [0.1, 0.15) is 0 Å². The highest BCUT2D eigenvalue weighted by atomic mass is 127. The molecule has 0 saturated heterocycles. The first kappa shape index (κ1) is 8.52. The largest absolute Gasteiger partial charge is 0.278 e. The molecule has 0 aliphatic rings. The molecular weight excluding hydrogens is 251 g/mol. The molecule has 11 heavy (non-hydrogen) atoms. The van der Waals surface area contributed by atoms with Gasteiger partial charge in [-0.1, -0.05) is 12.7 Å². The highest BCUT2D eigenvalue weighted by Crippen LogP contribution is 2.04. The molecule has 0 atom stereocenters. The predicted molar refractivity (Wildman–Crippen MR) is 55.6 cm³/mol. The highest BCUT2D eigenvalue weighted by Gasteiger charge is 1.85. The van der Waals surface area contributed by atoms with Crippen LogP contribution in [-0.4, -0.2) is 10.2 Å². The lowest BCUT2D eigenvalue weighted by atomic mass is 10.4. The van der Waals surface area contributed by atoms with E-state index in [4.69, 9.17) is 0 Å². The van der Waals surface area contributed by atoms with Crippen LogP contribution >= 0.6 is 22.6 Å². The van der Waals surface area contributed by atoms with E-state index in [0.29, 0.717) is 0 Å². The molecule has 0 spiro atoms. The second-order valence-corrected chi connectivity index (χ2v) is 3.37. The van der Waals surface area contributed by atoms with E-state index in [0.717, 1.165) is 10.6 Å². The van der Waals surface area contributed by atoms with Gasteiger partial charge in [-0.15, -0.1) is 0 Å². The van der Waals surface area contributed by atoms with Crippen molar-refractivity contribution in [3.63, 3.8) is 0 Å². The van der Waals surface area contributed by atoms with Gasteiger partial charge in [0.25, 0.3) is 0 Å². The molecule has 0 unspecified atom stereocenters. The molecule has 2 nitrogen and oxygen atoms in total. The fourth-order valence-electron chi connectivity index (χ4n) is 0.678. The van der Waals surface area contributed by atoms with Crippen molar-refractivity contribution in [2.75, 3.05) is 0 Å². The molecule has 1 rings (SSSR count). The molecule has 0 aromatic carbocycles. The number of nitrogens with zero attached hydrogens (tertiary/aromatic N) is 1. The van der Waals surface area contributed by atoms with E-state index in [-0.39, 0.29) is 0 Å². The van der Waals surface area contributed by atoms with Gasteiger partial charge in [0.2, 0.25) is 0 Å². The Morgan fingerprint density at radius 1 is 1.82 bits per heavy atom. The summed E-state index contributed by atoms with van der Waals surface area (Å²) in [5.41, 5.74) is 0. The van der Waals surface area contributed by atoms with Crippen molar-refractivity contribution >= 4 is 35.2 Å². The summed E-state index contributed by atoms with van der Waals surface area (Å²) in [5.74, 6) is 0. The third-order valence-corrected chi connectivity index (χ3v) is 2.25. The monoisotopic (exact) mass is 260 g/mol. The van der Waals surface area contributed by atoms with E-state index >= 15 is 0 Å². The maximum atomic E-state index is 3.86. The number of rotatable bonds is 1. The Bertz CT molecular complexity index is 362. The lowest BCUT2D eigenvalue weighted by Gasteiger charge is -1.81. The molecule has 58 valence electrons. The van der Waals surface area contributed by atoms with Crippen LogP contribution in [0, 0.1) is 0 Å². The smallest absolute Gasteiger partial charge is 0.0578 e. The van der Waals surface area contributed by atoms with E-state index in [1.54, 1.807) is 6.20 Å². The van der Waals surface area contributed by atoms with Crippen molar-refractivity contribution in [3.8, 4) is 0 Å². The summed E-state index contributed by atoms with van der Waals surface area (Å²) in [6.45, 7) is 5.79. The molecule has 1 aromatic heterocycles. The molecule has 3 heteroatoms. The normalized spacial score (nSPS) is 14.0. The summed E-state index contributed by atoms with van der Waals surface area (Å²) in [6, 6.07) is 0. The first-order valence-corrected chi connectivity index (χ1v) is 4.34. The van der Waals surface area contributed by atoms with Gasteiger partial charge in [0.15, 0.2) is 0 Å². The molecule has 0 aliphatic carbocycles. The van der Waals surface area contributed by atoms with Crippen molar-refractivity contribution in [1.29, 1.82) is 0 Å². The van der Waals surface area contributed by atoms with Gasteiger partial charge in [-0.25, -0.2) is 0 Å². The molecule has 1 heterocycles. The molecule has 1 aromatic rings. The molecule has 0 radical (unpaired) electrons. The second kappa shape index (κ2) is 3.71. The minimum Gasteiger partial charge on any atom is -0.278 e. The van der Waals surface area contributed by atoms with Gasteiger partial charge in [-0.3, -0.25) is 5.10 Å². The molecular formula is C8H9IN2. The standard InChI is InChI=1S/C8H9IN2/c1-3-8(9)4-7-5-10-11-6(7)2/h3-5,11H,2H2,1H3/b7-4-,8-3+. The van der Waals surface area contributed by atoms with Crippen LogP contribution in [-0.2, 0) is 0 Å². The summed E-state index contributed by atoms with van der Waals surface area (Å²) in [4.78, 5) is 0. The summed E-state index contributed by atoms with van der Waals surface area (Å²) < 4.78 is 1.19. The molecule has 0 bridgehead atoms. The number of nitrogens with one attached hydrogen (secondary N) is 1. The van der Waals surface area contributed by atoms with E-state index in [1.807, 2.05) is 19.1 Å². The topological polar surface area (TPSA) is 28.7 Å². The van der Waals surface area contributed by atoms with Gasteiger partial charge in [0, 0.05) is 8.80 Å². The Balaban J connectivity index is 3.21. The third-order valence-electron chi connectivity index (χ3n) is 1.32. The summed E-state index contributed by atoms with van der Waals surface area (Å²) in [6.07, 6.45) is 5.84. The Morgan fingerprint density at radius 2 is 2.55 bits per heavy atom. The van der Waals surface area contributed by atoms with E-state index in [2.05, 4.69) is 39.4 Å². The van der Waals surface area contributed by atoms with Crippen LogP contribution in [0.25, 0.3) is 12.7 Å². The van der Waals surface area contributed by atoms with E-state index < -0.39 is 0 Å². The number of allylic oxidation sites excluding steroid dienone is 2. The zero-order chi connectivity index (χ0) is 8.27. The Kier molecular flexibility index (Phi) is 2.87. The molecule has 0 amide bonds. The zero-order valence-corrected chi connectivity index (χ0v) is 8.42. The third kappa shape index (κ3) is 2.18. The number of aromatic nitrogens is 2. The minimum atomic E-state index is 0.862. The van der Waals surface area contributed by atoms with Gasteiger partial charge in [0.05, 0.1) is 11.5 Å². The molecule has 1 N–H and O–H groups in total.